The first kappa shape index (κ1) is 16.6. The maximum absolute atomic E-state index is 12.6. The molecule has 1 saturated heterocycles. The van der Waals surface area contributed by atoms with Crippen LogP contribution in [0.15, 0.2) is 18.2 Å². The third kappa shape index (κ3) is 2.65. The quantitative estimate of drug-likeness (QED) is 0.839. The third-order valence-electron chi connectivity index (χ3n) is 6.12. The Hall–Kier alpha value is -1.88. The Bertz CT molecular complexity index is 735. The zero-order valence-corrected chi connectivity index (χ0v) is 14.9. The van der Waals surface area contributed by atoms with Gasteiger partial charge in [-0.25, -0.2) is 0 Å². The SMILES string of the molecule is Cc1c(Cl)cccc1NC(=O)CCN1C(=O)[C@H]2[C@H]3CC[C@@H](C3)[C@@H]2C1=O. The second-order valence-corrected chi connectivity index (χ2v) is 7.83. The van der Waals surface area contributed by atoms with Gasteiger partial charge in [0.25, 0.3) is 0 Å². The number of hydrogen-bond donors (Lipinski definition) is 1. The highest BCUT2D eigenvalue weighted by atomic mass is 35.5. The molecule has 0 unspecified atom stereocenters. The van der Waals surface area contributed by atoms with Crippen LogP contribution in [-0.2, 0) is 14.4 Å². The molecule has 2 saturated carbocycles. The zero-order valence-electron chi connectivity index (χ0n) is 14.1. The summed E-state index contributed by atoms with van der Waals surface area (Å²) in [6.45, 7) is 2.00. The summed E-state index contributed by atoms with van der Waals surface area (Å²) in [5, 5.41) is 3.40. The Morgan fingerprint density at radius 2 is 1.84 bits per heavy atom. The summed E-state index contributed by atoms with van der Waals surface area (Å²) in [6, 6.07) is 5.32. The van der Waals surface area contributed by atoms with Gasteiger partial charge < -0.3 is 5.32 Å². The van der Waals surface area contributed by atoms with Crippen LogP contribution in [0.1, 0.15) is 31.2 Å². The maximum atomic E-state index is 12.6. The van der Waals surface area contributed by atoms with Gasteiger partial charge in [-0.05, 0) is 55.7 Å². The van der Waals surface area contributed by atoms with E-state index in [9.17, 15) is 14.4 Å². The number of imide groups is 1. The molecule has 4 atom stereocenters. The van der Waals surface area contributed by atoms with Crippen molar-refractivity contribution >= 4 is 35.0 Å². The third-order valence-corrected chi connectivity index (χ3v) is 6.53. The molecule has 1 aliphatic heterocycles. The number of nitrogens with zero attached hydrogens (tertiary/aromatic N) is 1. The van der Waals surface area contributed by atoms with Crippen molar-refractivity contribution in [1.29, 1.82) is 0 Å². The predicted molar refractivity (Wildman–Crippen MR) is 94.0 cm³/mol. The topological polar surface area (TPSA) is 66.5 Å². The van der Waals surface area contributed by atoms with Gasteiger partial charge in [0, 0.05) is 23.7 Å². The van der Waals surface area contributed by atoms with Crippen LogP contribution in [0.2, 0.25) is 5.02 Å². The Morgan fingerprint density at radius 3 is 2.48 bits per heavy atom. The molecule has 0 radical (unpaired) electrons. The van der Waals surface area contributed by atoms with Crippen molar-refractivity contribution in [2.45, 2.75) is 32.6 Å². The lowest BCUT2D eigenvalue weighted by Gasteiger charge is -2.19. The molecule has 25 heavy (non-hydrogen) atoms. The first-order valence-electron chi connectivity index (χ1n) is 8.87. The summed E-state index contributed by atoms with van der Waals surface area (Å²) in [6.07, 6.45) is 3.26. The van der Waals surface area contributed by atoms with E-state index in [2.05, 4.69) is 5.32 Å². The molecule has 0 spiro atoms. The van der Waals surface area contributed by atoms with Gasteiger partial charge in [0.05, 0.1) is 11.8 Å². The maximum Gasteiger partial charge on any atom is 0.233 e. The molecule has 5 nitrogen and oxygen atoms in total. The van der Waals surface area contributed by atoms with E-state index in [1.54, 1.807) is 18.2 Å². The molecule has 1 N–H and O–H groups in total. The Kier molecular flexibility index (Phi) is 4.07. The van der Waals surface area contributed by atoms with Crippen molar-refractivity contribution in [2.75, 3.05) is 11.9 Å². The fourth-order valence-corrected chi connectivity index (χ4v) is 5.03. The van der Waals surface area contributed by atoms with Gasteiger partial charge in [0.2, 0.25) is 17.7 Å². The molecular weight excluding hydrogens is 340 g/mol. The van der Waals surface area contributed by atoms with Gasteiger partial charge in [0.1, 0.15) is 0 Å². The number of carbonyl (C=O) groups is 3. The molecule has 1 aromatic carbocycles. The summed E-state index contributed by atoms with van der Waals surface area (Å²) in [5.41, 5.74) is 1.46. The number of hydrogen-bond acceptors (Lipinski definition) is 3. The number of benzene rings is 1. The van der Waals surface area contributed by atoms with E-state index in [0.717, 1.165) is 24.8 Å². The number of anilines is 1. The molecule has 3 aliphatic rings. The molecular formula is C19H21ClN2O3. The minimum atomic E-state index is -0.217. The van der Waals surface area contributed by atoms with Crippen molar-refractivity contribution < 1.29 is 14.4 Å². The van der Waals surface area contributed by atoms with Crippen molar-refractivity contribution in [1.82, 2.24) is 4.90 Å². The molecule has 0 aromatic heterocycles. The van der Waals surface area contributed by atoms with Crippen molar-refractivity contribution in [3.8, 4) is 0 Å². The standard InChI is InChI=1S/C19H21ClN2O3/c1-10-13(20)3-2-4-14(10)21-15(23)7-8-22-18(24)16-11-5-6-12(9-11)17(16)19(22)25/h2-4,11-12,16-17H,5-9H2,1H3,(H,21,23)/t11-,12-,16-,17-/m0/s1. The molecule has 4 rings (SSSR count). The highest BCUT2D eigenvalue weighted by Crippen LogP contribution is 2.56. The minimum absolute atomic E-state index is 0.0612. The van der Waals surface area contributed by atoms with E-state index in [1.165, 1.54) is 4.90 Å². The number of fused-ring (bicyclic) bond motifs is 5. The summed E-state index contributed by atoms with van der Waals surface area (Å²) in [4.78, 5) is 38.8. The summed E-state index contributed by atoms with van der Waals surface area (Å²) in [5.74, 6) is 0.168. The van der Waals surface area contributed by atoms with Crippen LogP contribution in [0.25, 0.3) is 0 Å². The summed E-state index contributed by atoms with van der Waals surface area (Å²) < 4.78 is 0. The second-order valence-electron chi connectivity index (χ2n) is 7.42. The number of rotatable bonds is 4. The van der Waals surface area contributed by atoms with Gasteiger partial charge in [-0.3, -0.25) is 19.3 Å². The van der Waals surface area contributed by atoms with E-state index in [1.807, 2.05) is 6.92 Å². The Balaban J connectivity index is 1.38. The normalized spacial score (nSPS) is 30.1. The first-order valence-corrected chi connectivity index (χ1v) is 9.25. The average Bonchev–Trinajstić information content (AvgIpc) is 3.25. The van der Waals surface area contributed by atoms with Crippen LogP contribution >= 0.6 is 11.6 Å². The molecule has 6 heteroatoms. The number of carbonyl (C=O) groups excluding carboxylic acids is 3. The smallest absolute Gasteiger partial charge is 0.233 e. The summed E-state index contributed by atoms with van der Waals surface area (Å²) >= 11 is 6.06. The molecule has 132 valence electrons. The Labute approximate surface area is 151 Å². The number of likely N-dealkylation sites (tertiary alicyclic amines) is 1. The highest BCUT2D eigenvalue weighted by molar-refractivity contribution is 6.31. The van der Waals surface area contributed by atoms with Gasteiger partial charge in [-0.15, -0.1) is 0 Å². The van der Waals surface area contributed by atoms with Crippen molar-refractivity contribution in [3.05, 3.63) is 28.8 Å². The molecule has 3 amide bonds. The van der Waals surface area contributed by atoms with E-state index >= 15 is 0 Å². The van der Waals surface area contributed by atoms with Crippen LogP contribution < -0.4 is 5.32 Å². The van der Waals surface area contributed by atoms with Gasteiger partial charge in [0.15, 0.2) is 0 Å². The van der Waals surface area contributed by atoms with Gasteiger partial charge in [-0.1, -0.05) is 17.7 Å². The predicted octanol–water partition coefficient (Wildman–Crippen LogP) is 3.01. The van der Waals surface area contributed by atoms with Crippen LogP contribution in [0.5, 0.6) is 0 Å². The molecule has 1 heterocycles. The van der Waals surface area contributed by atoms with Gasteiger partial charge >= 0.3 is 0 Å². The number of halogens is 1. The fraction of sp³-hybridized carbons (Fsp3) is 0.526. The van der Waals surface area contributed by atoms with E-state index in [0.29, 0.717) is 22.5 Å². The fourth-order valence-electron chi connectivity index (χ4n) is 4.86. The lowest BCUT2D eigenvalue weighted by atomic mass is 9.81. The summed E-state index contributed by atoms with van der Waals surface area (Å²) in [7, 11) is 0. The lowest BCUT2D eigenvalue weighted by Crippen LogP contribution is -2.35. The van der Waals surface area contributed by atoms with Crippen LogP contribution in [0, 0.1) is 30.6 Å². The second kappa shape index (κ2) is 6.13. The van der Waals surface area contributed by atoms with Crippen LogP contribution in [0.4, 0.5) is 5.69 Å². The minimum Gasteiger partial charge on any atom is -0.326 e. The molecule has 3 fully saturated rings. The molecule has 2 bridgehead atoms. The first-order chi connectivity index (χ1) is 12.0. The van der Waals surface area contributed by atoms with Gasteiger partial charge in [-0.2, -0.15) is 0 Å². The molecule has 1 aromatic rings. The highest BCUT2D eigenvalue weighted by Gasteiger charge is 2.60. The zero-order chi connectivity index (χ0) is 17.7. The van der Waals surface area contributed by atoms with E-state index < -0.39 is 0 Å². The monoisotopic (exact) mass is 360 g/mol. The number of amides is 3. The van der Waals surface area contributed by atoms with Crippen molar-refractivity contribution in [2.24, 2.45) is 23.7 Å². The van der Waals surface area contributed by atoms with Crippen LogP contribution in [0.3, 0.4) is 0 Å². The average molecular weight is 361 g/mol. The van der Waals surface area contributed by atoms with E-state index in [-0.39, 0.29) is 42.5 Å². The molecule has 2 aliphatic carbocycles. The largest absolute Gasteiger partial charge is 0.326 e. The number of nitrogens with one attached hydrogen (secondary N) is 1. The lowest BCUT2D eigenvalue weighted by molar-refractivity contribution is -0.140. The van der Waals surface area contributed by atoms with Crippen LogP contribution in [-0.4, -0.2) is 29.2 Å². The van der Waals surface area contributed by atoms with E-state index in [4.69, 9.17) is 11.6 Å². The van der Waals surface area contributed by atoms with Crippen molar-refractivity contribution in [3.63, 3.8) is 0 Å². The Morgan fingerprint density at radius 1 is 1.20 bits per heavy atom.